The molecule has 1 unspecified atom stereocenters. The second-order valence-electron chi connectivity index (χ2n) is 5.52. The van der Waals surface area contributed by atoms with Crippen LogP contribution in [0.25, 0.3) is 0 Å². The van der Waals surface area contributed by atoms with Crippen LogP contribution in [-0.2, 0) is 0 Å². The van der Waals surface area contributed by atoms with E-state index in [-0.39, 0.29) is 0 Å². The van der Waals surface area contributed by atoms with Gasteiger partial charge in [0.25, 0.3) is 0 Å². The maximum absolute atomic E-state index is 10.1. The van der Waals surface area contributed by atoms with Crippen LogP contribution in [0.3, 0.4) is 0 Å². The molecule has 0 saturated heterocycles. The summed E-state index contributed by atoms with van der Waals surface area (Å²) in [6.45, 7) is 8.07. The molecule has 1 aliphatic carbocycles. The van der Waals surface area contributed by atoms with Crippen LogP contribution in [-0.4, -0.2) is 23.8 Å². The third-order valence-electron chi connectivity index (χ3n) is 3.01. The van der Waals surface area contributed by atoms with Gasteiger partial charge in [-0.05, 0) is 31.7 Å². The summed E-state index contributed by atoms with van der Waals surface area (Å²) in [7, 11) is 0. The highest BCUT2D eigenvalue weighted by Gasteiger charge is 2.28. The summed E-state index contributed by atoms with van der Waals surface area (Å²) in [4.78, 5) is 0. The zero-order valence-corrected chi connectivity index (χ0v) is 9.84. The van der Waals surface area contributed by atoms with Crippen LogP contribution >= 0.6 is 0 Å². The highest BCUT2D eigenvalue weighted by atomic mass is 16.3. The van der Waals surface area contributed by atoms with Gasteiger partial charge in [-0.3, -0.25) is 0 Å². The van der Waals surface area contributed by atoms with Crippen molar-refractivity contribution in [2.45, 2.75) is 52.1 Å². The molecule has 2 heteroatoms. The van der Waals surface area contributed by atoms with E-state index >= 15 is 0 Å². The fourth-order valence-corrected chi connectivity index (χ4v) is 2.02. The summed E-state index contributed by atoms with van der Waals surface area (Å²) in [5.41, 5.74) is -0.500. The maximum Gasteiger partial charge on any atom is 0.0746 e. The van der Waals surface area contributed by atoms with Gasteiger partial charge in [-0.2, -0.15) is 0 Å². The molecule has 0 aromatic carbocycles. The summed E-state index contributed by atoms with van der Waals surface area (Å²) in [5.74, 6) is 1.44. The van der Waals surface area contributed by atoms with Crippen molar-refractivity contribution in [1.29, 1.82) is 0 Å². The standard InChI is InChI=1S/C12H25NO/c1-10(2)8-13-9-12(3,14)7-11-5-4-6-11/h10-11,13-14H,4-9H2,1-3H3. The molecule has 0 bridgehead atoms. The third-order valence-corrected chi connectivity index (χ3v) is 3.01. The lowest BCUT2D eigenvalue weighted by atomic mass is 9.78. The topological polar surface area (TPSA) is 32.3 Å². The average Bonchev–Trinajstić information content (AvgIpc) is 1.96. The summed E-state index contributed by atoms with van der Waals surface area (Å²) >= 11 is 0. The van der Waals surface area contributed by atoms with Crippen LogP contribution in [0.4, 0.5) is 0 Å². The first-order valence-electron chi connectivity index (χ1n) is 5.93. The van der Waals surface area contributed by atoms with Gasteiger partial charge >= 0.3 is 0 Å². The van der Waals surface area contributed by atoms with Crippen molar-refractivity contribution in [3.05, 3.63) is 0 Å². The molecule has 14 heavy (non-hydrogen) atoms. The molecular formula is C12H25NO. The van der Waals surface area contributed by atoms with Crippen molar-refractivity contribution < 1.29 is 5.11 Å². The molecule has 2 nitrogen and oxygen atoms in total. The van der Waals surface area contributed by atoms with Gasteiger partial charge < -0.3 is 10.4 Å². The van der Waals surface area contributed by atoms with E-state index in [1.807, 2.05) is 6.92 Å². The molecular weight excluding hydrogens is 174 g/mol. The van der Waals surface area contributed by atoms with Gasteiger partial charge in [0, 0.05) is 6.54 Å². The molecule has 1 atom stereocenters. The first-order chi connectivity index (χ1) is 6.49. The van der Waals surface area contributed by atoms with Gasteiger partial charge in [0.15, 0.2) is 0 Å². The molecule has 0 amide bonds. The number of hydrogen-bond acceptors (Lipinski definition) is 2. The Bertz CT molecular complexity index is 162. The fourth-order valence-electron chi connectivity index (χ4n) is 2.02. The average molecular weight is 199 g/mol. The highest BCUT2D eigenvalue weighted by molar-refractivity contribution is 4.82. The summed E-state index contributed by atoms with van der Waals surface area (Å²) in [6, 6.07) is 0. The molecule has 84 valence electrons. The first kappa shape index (κ1) is 12.0. The van der Waals surface area contributed by atoms with E-state index in [0.717, 1.165) is 25.4 Å². The van der Waals surface area contributed by atoms with Crippen LogP contribution in [0.2, 0.25) is 0 Å². The normalized spacial score (nSPS) is 22.1. The number of aliphatic hydroxyl groups is 1. The third kappa shape index (κ3) is 4.43. The molecule has 1 aliphatic rings. The molecule has 1 saturated carbocycles. The second-order valence-corrected chi connectivity index (χ2v) is 5.52. The Labute approximate surface area is 88.1 Å². The molecule has 0 heterocycles. The van der Waals surface area contributed by atoms with Crippen molar-refractivity contribution in [2.24, 2.45) is 11.8 Å². The van der Waals surface area contributed by atoms with E-state index in [0.29, 0.717) is 5.92 Å². The largest absolute Gasteiger partial charge is 0.389 e. The minimum atomic E-state index is -0.500. The lowest BCUT2D eigenvalue weighted by Crippen LogP contribution is -2.41. The smallest absolute Gasteiger partial charge is 0.0746 e. The van der Waals surface area contributed by atoms with Crippen molar-refractivity contribution in [3.8, 4) is 0 Å². The quantitative estimate of drug-likeness (QED) is 0.687. The van der Waals surface area contributed by atoms with Crippen LogP contribution in [0.1, 0.15) is 46.5 Å². The molecule has 0 aromatic heterocycles. The Kier molecular flexibility index (Phi) is 4.39. The van der Waals surface area contributed by atoms with Gasteiger partial charge in [0.2, 0.25) is 0 Å². The lowest BCUT2D eigenvalue weighted by molar-refractivity contribution is 0.0202. The molecule has 0 spiro atoms. The Morgan fingerprint density at radius 1 is 1.43 bits per heavy atom. The Morgan fingerprint density at radius 3 is 2.50 bits per heavy atom. The van der Waals surface area contributed by atoms with Crippen molar-refractivity contribution >= 4 is 0 Å². The van der Waals surface area contributed by atoms with Crippen molar-refractivity contribution in [1.82, 2.24) is 5.32 Å². The summed E-state index contributed by atoms with van der Waals surface area (Å²) in [5, 5.41) is 13.4. The van der Waals surface area contributed by atoms with Gasteiger partial charge in [0.05, 0.1) is 5.60 Å². The maximum atomic E-state index is 10.1. The van der Waals surface area contributed by atoms with E-state index in [4.69, 9.17) is 0 Å². The van der Waals surface area contributed by atoms with Crippen LogP contribution in [0.5, 0.6) is 0 Å². The Balaban J connectivity index is 2.12. The SMILES string of the molecule is CC(C)CNCC(C)(O)CC1CCC1. The predicted octanol–water partition coefficient (Wildman–Crippen LogP) is 2.17. The first-order valence-corrected chi connectivity index (χ1v) is 5.93. The van der Waals surface area contributed by atoms with Crippen molar-refractivity contribution in [3.63, 3.8) is 0 Å². The van der Waals surface area contributed by atoms with E-state index in [1.54, 1.807) is 0 Å². The number of rotatable bonds is 6. The summed E-state index contributed by atoms with van der Waals surface area (Å²) in [6.07, 6.45) is 4.97. The second kappa shape index (κ2) is 5.13. The number of nitrogens with one attached hydrogen (secondary N) is 1. The van der Waals surface area contributed by atoms with Gasteiger partial charge in [-0.1, -0.05) is 33.1 Å². The Hall–Kier alpha value is -0.0800. The van der Waals surface area contributed by atoms with Crippen LogP contribution in [0.15, 0.2) is 0 Å². The molecule has 1 fully saturated rings. The molecule has 0 radical (unpaired) electrons. The number of hydrogen-bond donors (Lipinski definition) is 2. The van der Waals surface area contributed by atoms with E-state index in [2.05, 4.69) is 19.2 Å². The summed E-state index contributed by atoms with van der Waals surface area (Å²) < 4.78 is 0. The van der Waals surface area contributed by atoms with E-state index in [9.17, 15) is 5.11 Å². The molecule has 0 aromatic rings. The van der Waals surface area contributed by atoms with Gasteiger partial charge in [-0.25, -0.2) is 0 Å². The van der Waals surface area contributed by atoms with Gasteiger partial charge in [0.1, 0.15) is 0 Å². The predicted molar refractivity (Wildman–Crippen MR) is 60.3 cm³/mol. The monoisotopic (exact) mass is 199 g/mol. The molecule has 0 aliphatic heterocycles. The minimum absolute atomic E-state index is 0.500. The highest BCUT2D eigenvalue weighted by Crippen LogP contribution is 2.33. The lowest BCUT2D eigenvalue weighted by Gasteiger charge is -2.33. The van der Waals surface area contributed by atoms with Crippen molar-refractivity contribution in [2.75, 3.05) is 13.1 Å². The molecule has 1 rings (SSSR count). The van der Waals surface area contributed by atoms with Gasteiger partial charge in [-0.15, -0.1) is 0 Å². The molecule has 2 N–H and O–H groups in total. The fraction of sp³-hybridized carbons (Fsp3) is 1.00. The van der Waals surface area contributed by atoms with Crippen LogP contribution in [0, 0.1) is 11.8 Å². The Morgan fingerprint density at radius 2 is 2.07 bits per heavy atom. The van der Waals surface area contributed by atoms with E-state index in [1.165, 1.54) is 19.3 Å². The zero-order valence-electron chi connectivity index (χ0n) is 9.84. The minimum Gasteiger partial charge on any atom is -0.389 e. The van der Waals surface area contributed by atoms with Crippen LogP contribution < -0.4 is 5.32 Å². The van der Waals surface area contributed by atoms with E-state index < -0.39 is 5.60 Å². The zero-order chi connectivity index (χ0) is 10.6.